The van der Waals surface area contributed by atoms with Gasteiger partial charge in [0.15, 0.2) is 6.61 Å². The van der Waals surface area contributed by atoms with Crippen molar-refractivity contribution in [2.24, 2.45) is 0 Å². The van der Waals surface area contributed by atoms with Crippen LogP contribution in [0.2, 0.25) is 0 Å². The summed E-state index contributed by atoms with van der Waals surface area (Å²) < 4.78 is 7.79. The van der Waals surface area contributed by atoms with E-state index in [2.05, 4.69) is 44.8 Å². The van der Waals surface area contributed by atoms with Gasteiger partial charge in [0.2, 0.25) is 0 Å². The number of aryl methyl sites for hydroxylation is 2. The van der Waals surface area contributed by atoms with Crippen LogP contribution in [0.5, 0.6) is 5.19 Å². The van der Waals surface area contributed by atoms with Crippen LogP contribution in [0.15, 0.2) is 36.4 Å². The normalized spacial score (nSPS) is 14.4. The summed E-state index contributed by atoms with van der Waals surface area (Å²) >= 11 is 7.13. The number of para-hydroxylation sites is 1. The molecule has 0 saturated heterocycles. The van der Waals surface area contributed by atoms with Crippen molar-refractivity contribution in [1.29, 1.82) is 0 Å². The number of anilines is 1. The first-order valence-electron chi connectivity index (χ1n) is 9.84. The quantitative estimate of drug-likeness (QED) is 0.230. The fourth-order valence-electron chi connectivity index (χ4n) is 4.03. The van der Waals surface area contributed by atoms with E-state index < -0.39 is 5.54 Å². The fraction of sp³-hybridized carbons (Fsp3) is 0.261. The Bertz CT molecular complexity index is 1360. The fourth-order valence-corrected chi connectivity index (χ4v) is 8.13. The average molecular weight is 485 g/mol. The van der Waals surface area contributed by atoms with Crippen molar-refractivity contribution >= 4 is 66.0 Å². The van der Waals surface area contributed by atoms with Gasteiger partial charge in [0.25, 0.3) is 11.1 Å². The van der Waals surface area contributed by atoms with Crippen molar-refractivity contribution in [2.75, 3.05) is 11.5 Å². The highest BCUT2D eigenvalue weighted by molar-refractivity contribution is 7.80. The molecule has 0 fully saturated rings. The van der Waals surface area contributed by atoms with Crippen molar-refractivity contribution < 1.29 is 9.53 Å². The third-order valence-electron chi connectivity index (χ3n) is 5.71. The molecule has 0 aliphatic carbocycles. The summed E-state index contributed by atoms with van der Waals surface area (Å²) in [5.41, 5.74) is 5.73. The van der Waals surface area contributed by atoms with Gasteiger partial charge >= 0.3 is 0 Å². The van der Waals surface area contributed by atoms with E-state index in [1.807, 2.05) is 29.2 Å². The Balaban J connectivity index is 1.54. The third-order valence-corrected chi connectivity index (χ3v) is 9.99. The van der Waals surface area contributed by atoms with Crippen LogP contribution in [0, 0.1) is 17.7 Å². The molecule has 158 valence electrons. The molecule has 0 N–H and O–H groups in total. The number of thiazole rings is 1. The van der Waals surface area contributed by atoms with Crippen molar-refractivity contribution in [3.8, 4) is 16.3 Å². The smallest absolute Gasteiger partial charge is 0.274 e. The highest BCUT2D eigenvalue weighted by atomic mass is 32.9. The van der Waals surface area contributed by atoms with E-state index in [9.17, 15) is 4.79 Å². The molecular formula is C23H20N2O2S4. The van der Waals surface area contributed by atoms with Crippen LogP contribution in [0.25, 0.3) is 21.3 Å². The van der Waals surface area contributed by atoms with Gasteiger partial charge in [-0.05, 0) is 63.1 Å². The Morgan fingerprint density at radius 2 is 1.90 bits per heavy atom. The van der Waals surface area contributed by atoms with Crippen molar-refractivity contribution in [3.63, 3.8) is 0 Å². The predicted octanol–water partition coefficient (Wildman–Crippen LogP) is 7.09. The lowest BCUT2D eigenvalue weighted by Gasteiger charge is -2.43. The number of aromatic nitrogens is 1. The van der Waals surface area contributed by atoms with E-state index in [1.165, 1.54) is 16.9 Å². The zero-order valence-corrected chi connectivity index (χ0v) is 20.8. The summed E-state index contributed by atoms with van der Waals surface area (Å²) in [5, 5.41) is 0.511. The van der Waals surface area contributed by atoms with Crippen LogP contribution in [-0.4, -0.2) is 17.5 Å². The summed E-state index contributed by atoms with van der Waals surface area (Å²) in [6.45, 7) is 8.26. The molecule has 2 aromatic carbocycles. The van der Waals surface area contributed by atoms with E-state index in [-0.39, 0.29) is 12.5 Å². The monoisotopic (exact) mass is 484 g/mol. The minimum atomic E-state index is -0.518. The zero-order valence-electron chi connectivity index (χ0n) is 17.5. The van der Waals surface area contributed by atoms with E-state index in [0.717, 1.165) is 41.3 Å². The number of ether oxygens (including phenoxy) is 1. The maximum absolute atomic E-state index is 13.5. The molecular weight excluding hydrogens is 465 g/mol. The topological polar surface area (TPSA) is 42.4 Å². The van der Waals surface area contributed by atoms with Gasteiger partial charge in [0.1, 0.15) is 3.82 Å². The molecule has 2 aromatic heterocycles. The summed E-state index contributed by atoms with van der Waals surface area (Å²) in [7, 11) is 3.27. The van der Waals surface area contributed by atoms with Crippen LogP contribution in [-0.2, 0) is 10.3 Å². The molecule has 1 aliphatic heterocycles. The van der Waals surface area contributed by atoms with Crippen molar-refractivity contribution in [1.82, 2.24) is 4.98 Å². The van der Waals surface area contributed by atoms with Crippen LogP contribution < -0.4 is 9.64 Å². The van der Waals surface area contributed by atoms with Gasteiger partial charge in [-0.15, -0.1) is 0 Å². The average Bonchev–Trinajstić information content (AvgIpc) is 3.32. The summed E-state index contributed by atoms with van der Waals surface area (Å²) in [6.07, 6.45) is 0. The summed E-state index contributed by atoms with van der Waals surface area (Å²) in [6, 6.07) is 12.1. The minimum Gasteiger partial charge on any atom is -0.460 e. The lowest BCUT2D eigenvalue weighted by molar-refractivity contribution is -0.121. The number of fused-ring (bicyclic) bond motifs is 4. The molecule has 4 aromatic rings. The first-order chi connectivity index (χ1) is 14.8. The first kappa shape index (κ1) is 20.8. The molecule has 0 spiro atoms. The number of hydrogen-bond donors (Lipinski definition) is 0. The van der Waals surface area contributed by atoms with Gasteiger partial charge in [-0.3, -0.25) is 9.69 Å². The largest absolute Gasteiger partial charge is 0.460 e. The zero-order chi connectivity index (χ0) is 21.9. The first-order valence-corrected chi connectivity index (χ1v) is 13.2. The van der Waals surface area contributed by atoms with Gasteiger partial charge in [-0.1, -0.05) is 56.4 Å². The molecule has 8 heteroatoms. The van der Waals surface area contributed by atoms with Crippen LogP contribution >= 0.6 is 44.2 Å². The molecule has 0 unspecified atom stereocenters. The molecule has 4 nitrogen and oxygen atoms in total. The van der Waals surface area contributed by atoms with E-state index in [4.69, 9.17) is 17.0 Å². The maximum atomic E-state index is 13.5. The molecule has 3 heterocycles. The second-order valence-electron chi connectivity index (χ2n) is 8.14. The molecule has 31 heavy (non-hydrogen) atoms. The number of hydrogen-bond acceptors (Lipinski definition) is 7. The predicted molar refractivity (Wildman–Crippen MR) is 134 cm³/mol. The highest BCUT2D eigenvalue weighted by Crippen LogP contribution is 2.52. The number of amides is 1. The van der Waals surface area contributed by atoms with Crippen LogP contribution in [0.1, 0.15) is 29.9 Å². The van der Waals surface area contributed by atoms with E-state index in [0.29, 0.717) is 5.19 Å². The van der Waals surface area contributed by atoms with E-state index in [1.54, 1.807) is 20.7 Å². The van der Waals surface area contributed by atoms with Gasteiger partial charge in [0, 0.05) is 11.1 Å². The molecule has 0 saturated carbocycles. The van der Waals surface area contributed by atoms with Gasteiger partial charge in [-0.2, -0.15) is 0 Å². The third kappa shape index (κ3) is 3.33. The van der Waals surface area contributed by atoms with Crippen LogP contribution in [0.4, 0.5) is 5.69 Å². The Morgan fingerprint density at radius 3 is 2.68 bits per heavy atom. The Hall–Kier alpha value is -2.13. The summed E-state index contributed by atoms with van der Waals surface area (Å²) in [5.74, 6) is -0.0938. The SMILES string of the molecule is Cc1cc2c(cc1C)N(C(=O)COc1nc3ccccc3s1)C(C)(C)c1ssc(=S)c1-2. The van der Waals surface area contributed by atoms with Crippen LogP contribution in [0.3, 0.4) is 0 Å². The van der Waals surface area contributed by atoms with E-state index >= 15 is 0 Å². The molecule has 0 radical (unpaired) electrons. The second-order valence-corrected chi connectivity index (χ2v) is 11.9. The number of rotatable bonds is 3. The molecule has 0 atom stereocenters. The maximum Gasteiger partial charge on any atom is 0.274 e. The Morgan fingerprint density at radius 1 is 1.16 bits per heavy atom. The van der Waals surface area contributed by atoms with Gasteiger partial charge in [-0.25, -0.2) is 4.98 Å². The minimum absolute atomic E-state index is 0.0690. The lowest BCUT2D eigenvalue weighted by atomic mass is 9.86. The lowest BCUT2D eigenvalue weighted by Crippen LogP contribution is -2.49. The van der Waals surface area contributed by atoms with Crippen molar-refractivity contribution in [2.45, 2.75) is 33.2 Å². The number of nitrogens with zero attached hydrogens (tertiary/aromatic N) is 2. The highest BCUT2D eigenvalue weighted by Gasteiger charge is 2.43. The molecule has 0 bridgehead atoms. The second kappa shape index (κ2) is 7.48. The molecule has 1 amide bonds. The number of carbonyl (C=O) groups excluding carboxylic acids is 1. The van der Waals surface area contributed by atoms with Crippen molar-refractivity contribution in [3.05, 3.63) is 56.2 Å². The Labute approximate surface area is 197 Å². The summed E-state index contributed by atoms with van der Waals surface area (Å²) in [4.78, 5) is 21.0. The molecule has 5 rings (SSSR count). The number of carbonyl (C=O) groups is 1. The number of benzene rings is 2. The van der Waals surface area contributed by atoms with Gasteiger partial charge < -0.3 is 4.74 Å². The molecule has 1 aliphatic rings. The van der Waals surface area contributed by atoms with Gasteiger partial charge in [0.05, 0.1) is 26.3 Å². The standard InChI is InChI=1S/C23H20N2O2S4/c1-12-9-14-16(10-13(12)2)25(23(3,4)20-19(14)21(28)31-30-20)18(26)11-27-22-24-15-7-5-6-8-17(15)29-22/h5-10H,11H2,1-4H3. The Kier molecular flexibility index (Phi) is 5.01.